The number of hydrogen-bond acceptors (Lipinski definition) is 3. The van der Waals surface area contributed by atoms with Crippen molar-refractivity contribution in [2.75, 3.05) is 7.11 Å². The third-order valence-electron chi connectivity index (χ3n) is 3.21. The Morgan fingerprint density at radius 2 is 1.89 bits per heavy atom. The van der Waals surface area contributed by atoms with E-state index in [1.807, 2.05) is 37.3 Å². The quantitative estimate of drug-likeness (QED) is 0.393. The molecule has 1 aromatic rings. The van der Waals surface area contributed by atoms with Crippen LogP contribution in [0.2, 0.25) is 0 Å². The lowest BCUT2D eigenvalue weighted by Crippen LogP contribution is -2.32. The molecule has 106 valence electrons. The standard InChI is InChI=1S/C16H24O2S/c1-4-5-6-10-13-16(2,15(17)18-3)19-14-11-8-7-9-12-14/h7-9,11-12H,4-6,10,13H2,1-3H3. The fourth-order valence-corrected chi connectivity index (χ4v) is 3.27. The molecule has 0 aliphatic rings. The maximum atomic E-state index is 12.1. The molecule has 0 aliphatic carbocycles. The van der Waals surface area contributed by atoms with E-state index in [9.17, 15) is 4.79 Å². The lowest BCUT2D eigenvalue weighted by molar-refractivity contribution is -0.143. The van der Waals surface area contributed by atoms with Gasteiger partial charge in [-0.15, -0.1) is 11.8 Å². The number of unbranched alkanes of at least 4 members (excludes halogenated alkanes) is 3. The Morgan fingerprint density at radius 3 is 2.47 bits per heavy atom. The summed E-state index contributed by atoms with van der Waals surface area (Å²) in [6.07, 6.45) is 5.55. The van der Waals surface area contributed by atoms with E-state index in [0.29, 0.717) is 0 Å². The molecule has 0 spiro atoms. The van der Waals surface area contributed by atoms with Crippen molar-refractivity contribution in [2.24, 2.45) is 0 Å². The molecular weight excluding hydrogens is 256 g/mol. The number of ether oxygens (including phenoxy) is 1. The highest BCUT2D eigenvalue weighted by Gasteiger charge is 2.35. The third kappa shape index (κ3) is 5.27. The predicted octanol–water partition coefficient (Wildman–Crippen LogP) is 4.68. The molecule has 0 radical (unpaired) electrons. The Balaban J connectivity index is 2.67. The van der Waals surface area contributed by atoms with Gasteiger partial charge in [-0.3, -0.25) is 4.79 Å². The van der Waals surface area contributed by atoms with Crippen LogP contribution in [0.25, 0.3) is 0 Å². The summed E-state index contributed by atoms with van der Waals surface area (Å²) >= 11 is 1.61. The predicted molar refractivity (Wildman–Crippen MR) is 81.5 cm³/mol. The smallest absolute Gasteiger partial charge is 0.322 e. The van der Waals surface area contributed by atoms with Crippen LogP contribution >= 0.6 is 11.8 Å². The van der Waals surface area contributed by atoms with Crippen LogP contribution < -0.4 is 0 Å². The maximum Gasteiger partial charge on any atom is 0.322 e. The molecule has 0 bridgehead atoms. The third-order valence-corrected chi connectivity index (χ3v) is 4.54. The van der Waals surface area contributed by atoms with Gasteiger partial charge in [0.2, 0.25) is 0 Å². The Labute approximate surface area is 120 Å². The second-order valence-corrected chi connectivity index (χ2v) is 6.52. The monoisotopic (exact) mass is 280 g/mol. The van der Waals surface area contributed by atoms with Crippen LogP contribution in [-0.4, -0.2) is 17.8 Å². The summed E-state index contributed by atoms with van der Waals surface area (Å²) in [6, 6.07) is 10.1. The van der Waals surface area contributed by atoms with Gasteiger partial charge in [0.05, 0.1) is 7.11 Å². The van der Waals surface area contributed by atoms with Crippen LogP contribution in [-0.2, 0) is 9.53 Å². The number of esters is 1. The van der Waals surface area contributed by atoms with Gasteiger partial charge >= 0.3 is 5.97 Å². The molecule has 0 aliphatic heterocycles. The molecule has 19 heavy (non-hydrogen) atoms. The van der Waals surface area contributed by atoms with Crippen LogP contribution in [0, 0.1) is 0 Å². The molecular formula is C16H24O2S. The molecule has 0 aromatic heterocycles. The van der Waals surface area contributed by atoms with E-state index >= 15 is 0 Å². The van der Waals surface area contributed by atoms with Gasteiger partial charge < -0.3 is 4.74 Å². The maximum absolute atomic E-state index is 12.1. The number of benzene rings is 1. The van der Waals surface area contributed by atoms with Crippen molar-refractivity contribution in [1.82, 2.24) is 0 Å². The van der Waals surface area contributed by atoms with E-state index < -0.39 is 4.75 Å². The van der Waals surface area contributed by atoms with E-state index in [2.05, 4.69) is 6.92 Å². The Bertz CT molecular complexity index is 378. The van der Waals surface area contributed by atoms with Gasteiger partial charge in [0, 0.05) is 4.90 Å². The number of thioether (sulfide) groups is 1. The van der Waals surface area contributed by atoms with Crippen molar-refractivity contribution in [3.8, 4) is 0 Å². The van der Waals surface area contributed by atoms with Crippen molar-refractivity contribution < 1.29 is 9.53 Å². The minimum absolute atomic E-state index is 0.127. The molecule has 0 saturated carbocycles. The zero-order valence-corrected chi connectivity index (χ0v) is 13.0. The van der Waals surface area contributed by atoms with Gasteiger partial charge in [-0.1, -0.05) is 50.8 Å². The van der Waals surface area contributed by atoms with Crippen molar-refractivity contribution in [3.05, 3.63) is 30.3 Å². The summed E-state index contributed by atoms with van der Waals surface area (Å²) in [5.74, 6) is -0.127. The van der Waals surface area contributed by atoms with Gasteiger partial charge in [-0.2, -0.15) is 0 Å². The lowest BCUT2D eigenvalue weighted by Gasteiger charge is -2.26. The van der Waals surface area contributed by atoms with Gasteiger partial charge in [0.25, 0.3) is 0 Å². The fraction of sp³-hybridized carbons (Fsp3) is 0.562. The topological polar surface area (TPSA) is 26.3 Å². The van der Waals surface area contributed by atoms with Crippen molar-refractivity contribution in [2.45, 2.75) is 55.6 Å². The summed E-state index contributed by atoms with van der Waals surface area (Å²) < 4.78 is 4.50. The second-order valence-electron chi connectivity index (χ2n) is 4.95. The fourth-order valence-electron chi connectivity index (χ4n) is 2.05. The average molecular weight is 280 g/mol. The molecule has 0 heterocycles. The summed E-state index contributed by atoms with van der Waals surface area (Å²) in [7, 11) is 1.47. The van der Waals surface area contributed by atoms with Crippen molar-refractivity contribution in [1.29, 1.82) is 0 Å². The highest BCUT2D eigenvalue weighted by atomic mass is 32.2. The van der Waals surface area contributed by atoms with Crippen LogP contribution in [0.1, 0.15) is 46.0 Å². The Hall–Kier alpha value is -0.960. The van der Waals surface area contributed by atoms with E-state index in [4.69, 9.17) is 4.74 Å². The first-order valence-electron chi connectivity index (χ1n) is 6.95. The van der Waals surface area contributed by atoms with Gasteiger partial charge in [0.15, 0.2) is 0 Å². The normalized spacial score (nSPS) is 13.8. The first-order chi connectivity index (χ1) is 9.12. The van der Waals surface area contributed by atoms with E-state index in [-0.39, 0.29) is 5.97 Å². The van der Waals surface area contributed by atoms with Crippen LogP contribution in [0.4, 0.5) is 0 Å². The summed E-state index contributed by atoms with van der Waals surface area (Å²) in [5, 5.41) is 0. The Kier molecular flexibility index (Phi) is 7.00. The molecule has 0 fully saturated rings. The molecule has 1 unspecified atom stereocenters. The molecule has 0 N–H and O–H groups in total. The van der Waals surface area contributed by atoms with Crippen LogP contribution in [0.15, 0.2) is 35.2 Å². The van der Waals surface area contributed by atoms with Gasteiger partial charge in [-0.25, -0.2) is 0 Å². The van der Waals surface area contributed by atoms with Crippen molar-refractivity contribution in [3.63, 3.8) is 0 Å². The highest BCUT2D eigenvalue weighted by Crippen LogP contribution is 2.37. The first kappa shape index (κ1) is 16.1. The molecule has 2 nitrogen and oxygen atoms in total. The van der Waals surface area contributed by atoms with E-state index in [1.165, 1.54) is 26.4 Å². The molecule has 1 aromatic carbocycles. The molecule has 0 saturated heterocycles. The summed E-state index contributed by atoms with van der Waals surface area (Å²) in [5.41, 5.74) is 0. The average Bonchev–Trinajstić information content (AvgIpc) is 2.44. The molecule has 0 amide bonds. The highest BCUT2D eigenvalue weighted by molar-refractivity contribution is 8.01. The largest absolute Gasteiger partial charge is 0.468 e. The number of rotatable bonds is 8. The van der Waals surface area contributed by atoms with Crippen molar-refractivity contribution >= 4 is 17.7 Å². The van der Waals surface area contributed by atoms with Gasteiger partial charge in [0.1, 0.15) is 4.75 Å². The van der Waals surface area contributed by atoms with E-state index in [1.54, 1.807) is 11.8 Å². The number of hydrogen-bond donors (Lipinski definition) is 0. The zero-order chi connectivity index (χ0) is 14.1. The molecule has 3 heteroatoms. The number of methoxy groups -OCH3 is 1. The van der Waals surface area contributed by atoms with Gasteiger partial charge in [-0.05, 0) is 25.5 Å². The van der Waals surface area contributed by atoms with Crippen LogP contribution in [0.3, 0.4) is 0 Å². The lowest BCUT2D eigenvalue weighted by atomic mass is 10.0. The first-order valence-corrected chi connectivity index (χ1v) is 7.76. The number of carbonyl (C=O) groups excluding carboxylic acids is 1. The molecule has 1 atom stereocenters. The second kappa shape index (κ2) is 8.26. The minimum atomic E-state index is -0.482. The number of carbonyl (C=O) groups is 1. The Morgan fingerprint density at radius 1 is 1.21 bits per heavy atom. The summed E-state index contributed by atoms with van der Waals surface area (Å²) in [4.78, 5) is 13.2. The summed E-state index contributed by atoms with van der Waals surface area (Å²) in [6.45, 7) is 4.18. The van der Waals surface area contributed by atoms with Crippen LogP contribution in [0.5, 0.6) is 0 Å². The minimum Gasteiger partial charge on any atom is -0.468 e. The zero-order valence-electron chi connectivity index (χ0n) is 12.1. The SMILES string of the molecule is CCCCCCC(C)(Sc1ccccc1)C(=O)OC. The molecule has 1 rings (SSSR count). The van der Waals surface area contributed by atoms with E-state index in [0.717, 1.165) is 17.7 Å².